The fourth-order valence-corrected chi connectivity index (χ4v) is 3.36. The van der Waals surface area contributed by atoms with Gasteiger partial charge in [-0.05, 0) is 50.1 Å². The number of nitrogens with zero attached hydrogens (tertiary/aromatic N) is 4. The highest BCUT2D eigenvalue weighted by atomic mass is 19.1. The lowest BCUT2D eigenvalue weighted by Gasteiger charge is -2.28. The van der Waals surface area contributed by atoms with E-state index in [4.69, 9.17) is 11.5 Å². The zero-order chi connectivity index (χ0) is 22.7. The van der Waals surface area contributed by atoms with Crippen LogP contribution < -0.4 is 16.8 Å². The highest BCUT2D eigenvalue weighted by Crippen LogP contribution is 2.34. The van der Waals surface area contributed by atoms with Crippen molar-refractivity contribution in [2.24, 2.45) is 11.5 Å². The molecular formula is C22H27FN8O. The van der Waals surface area contributed by atoms with Gasteiger partial charge in [-0.15, -0.1) is 0 Å². The van der Waals surface area contributed by atoms with E-state index >= 15 is 0 Å². The van der Waals surface area contributed by atoms with Crippen LogP contribution in [0.1, 0.15) is 31.2 Å². The van der Waals surface area contributed by atoms with E-state index in [1.807, 2.05) is 11.8 Å². The predicted molar refractivity (Wildman–Crippen MR) is 118 cm³/mol. The monoisotopic (exact) mass is 438 g/mol. The van der Waals surface area contributed by atoms with Gasteiger partial charge in [0, 0.05) is 24.7 Å². The van der Waals surface area contributed by atoms with Crippen molar-refractivity contribution in [2.45, 2.75) is 38.3 Å². The number of hydrogen-bond acceptors (Lipinski definition) is 6. The minimum atomic E-state index is -0.237. The maximum atomic E-state index is 12.8. The number of rotatable bonds is 4. The molecule has 0 saturated heterocycles. The van der Waals surface area contributed by atoms with Crippen molar-refractivity contribution in [1.82, 2.24) is 29.8 Å². The lowest BCUT2D eigenvalue weighted by Crippen LogP contribution is -2.37. The van der Waals surface area contributed by atoms with E-state index in [0.29, 0.717) is 17.9 Å². The largest absolute Gasteiger partial charge is 0.394 e. The van der Waals surface area contributed by atoms with Crippen molar-refractivity contribution in [3.63, 3.8) is 0 Å². The van der Waals surface area contributed by atoms with Gasteiger partial charge < -0.3 is 26.7 Å². The van der Waals surface area contributed by atoms with Crippen molar-refractivity contribution >= 4 is 11.4 Å². The number of hydrogen-bond donors (Lipinski definition) is 4. The molecule has 1 aliphatic heterocycles. The molecule has 0 spiro atoms. The normalized spacial score (nSPS) is 17.4. The molecule has 2 aliphatic rings. The fourth-order valence-electron chi connectivity index (χ4n) is 3.36. The summed E-state index contributed by atoms with van der Waals surface area (Å²) in [6, 6.07) is 4.67. The topological polar surface area (TPSA) is 130 Å². The molecule has 0 bridgehead atoms. The number of amides is 1. The average molecular weight is 439 g/mol. The zero-order valence-electron chi connectivity index (χ0n) is 17.9. The Morgan fingerprint density at radius 1 is 1.31 bits per heavy atom. The number of nitrogens with one attached hydrogen (secondary N) is 2. The Hall–Kier alpha value is -3.82. The predicted octanol–water partition coefficient (Wildman–Crippen LogP) is 1.55. The highest BCUT2D eigenvalue weighted by Gasteiger charge is 2.38. The molecule has 9 nitrogen and oxygen atoms in total. The first-order valence-corrected chi connectivity index (χ1v) is 10.4. The smallest absolute Gasteiger partial charge is 0.267 e. The van der Waals surface area contributed by atoms with Gasteiger partial charge in [-0.3, -0.25) is 4.79 Å². The van der Waals surface area contributed by atoms with Gasteiger partial charge in [-0.25, -0.2) is 13.9 Å². The molecule has 0 aromatic carbocycles. The van der Waals surface area contributed by atoms with Gasteiger partial charge in [0.15, 0.2) is 0 Å². The summed E-state index contributed by atoms with van der Waals surface area (Å²) in [7, 11) is 0. The molecule has 3 aromatic rings. The second-order valence-electron chi connectivity index (χ2n) is 8.24. The number of aromatic amines is 1. The van der Waals surface area contributed by atoms with E-state index < -0.39 is 0 Å². The molecular weight excluding hydrogens is 411 g/mol. The number of aromatic nitrogens is 4. The van der Waals surface area contributed by atoms with Crippen LogP contribution >= 0.6 is 0 Å². The van der Waals surface area contributed by atoms with Gasteiger partial charge in [0.25, 0.3) is 5.91 Å². The number of allylic oxidation sites excluding steroid dienone is 2. The summed E-state index contributed by atoms with van der Waals surface area (Å²) in [5, 5.41) is 6.77. The van der Waals surface area contributed by atoms with Crippen molar-refractivity contribution in [1.29, 1.82) is 0 Å². The summed E-state index contributed by atoms with van der Waals surface area (Å²) in [6.45, 7) is 3.51. The Kier molecular flexibility index (Phi) is 5.85. The van der Waals surface area contributed by atoms with Crippen LogP contribution in [0.4, 0.5) is 4.39 Å². The summed E-state index contributed by atoms with van der Waals surface area (Å²) < 4.78 is 14.3. The molecule has 0 radical (unpaired) electrons. The minimum Gasteiger partial charge on any atom is -0.394 e. The minimum absolute atomic E-state index is 0.0747. The standard InChI is InChI=1S/C15H22N6O.C7H5FN2/c1-15(5-6-15)20-14(22)10(16)2-3-13(17)21-7-4-11-12(8-21)19-9-18-11;8-6-2-1-5-10-7(6)3-4-9-10/h2-3,9H,4-8,16-17H2,1H3,(H,18,19)(H,20,22);1-5H/b10-2-,13-3+;. The van der Waals surface area contributed by atoms with Gasteiger partial charge in [-0.2, -0.15) is 5.10 Å². The van der Waals surface area contributed by atoms with Gasteiger partial charge in [0.1, 0.15) is 11.3 Å². The average Bonchev–Trinajstić information content (AvgIpc) is 3.18. The quantitative estimate of drug-likeness (QED) is 0.361. The first-order chi connectivity index (χ1) is 15.3. The number of nitrogens with two attached hydrogens (primary N) is 2. The number of H-pyrrole nitrogens is 1. The third kappa shape index (κ3) is 4.90. The number of fused-ring (bicyclic) bond motifs is 2. The first kappa shape index (κ1) is 21.4. The first-order valence-electron chi connectivity index (χ1n) is 10.4. The van der Waals surface area contributed by atoms with Gasteiger partial charge in [0.05, 0.1) is 42.0 Å². The molecule has 5 rings (SSSR count). The Bertz CT molecular complexity index is 1170. The zero-order valence-corrected chi connectivity index (χ0v) is 17.9. The van der Waals surface area contributed by atoms with Crippen LogP contribution in [0, 0.1) is 5.82 Å². The Morgan fingerprint density at radius 3 is 2.88 bits per heavy atom. The lowest BCUT2D eigenvalue weighted by atomic mass is 10.1. The maximum Gasteiger partial charge on any atom is 0.267 e. The molecule has 1 aliphatic carbocycles. The third-order valence-electron chi connectivity index (χ3n) is 5.64. The molecule has 1 fully saturated rings. The van der Waals surface area contributed by atoms with Crippen LogP contribution in [0.5, 0.6) is 0 Å². The van der Waals surface area contributed by atoms with Crippen molar-refractivity contribution in [3.05, 3.63) is 77.8 Å². The lowest BCUT2D eigenvalue weighted by molar-refractivity contribution is -0.118. The van der Waals surface area contributed by atoms with Gasteiger partial charge in [-0.1, -0.05) is 0 Å². The van der Waals surface area contributed by atoms with Crippen LogP contribution in [-0.2, 0) is 17.8 Å². The summed E-state index contributed by atoms with van der Waals surface area (Å²) in [5.74, 6) is 0.118. The van der Waals surface area contributed by atoms with Crippen LogP contribution in [0.3, 0.4) is 0 Å². The second-order valence-corrected chi connectivity index (χ2v) is 8.24. The van der Waals surface area contributed by atoms with E-state index in [0.717, 1.165) is 37.2 Å². The molecule has 1 saturated carbocycles. The van der Waals surface area contributed by atoms with Gasteiger partial charge >= 0.3 is 0 Å². The van der Waals surface area contributed by atoms with Crippen molar-refractivity contribution in [3.8, 4) is 0 Å². The molecule has 32 heavy (non-hydrogen) atoms. The molecule has 4 heterocycles. The van der Waals surface area contributed by atoms with E-state index in [1.54, 1.807) is 43.0 Å². The molecule has 6 N–H and O–H groups in total. The summed E-state index contributed by atoms with van der Waals surface area (Å²) in [6.07, 6.45) is 11.1. The van der Waals surface area contributed by atoms with Crippen molar-refractivity contribution in [2.75, 3.05) is 6.54 Å². The highest BCUT2D eigenvalue weighted by molar-refractivity contribution is 5.93. The van der Waals surface area contributed by atoms with Gasteiger partial charge in [0.2, 0.25) is 0 Å². The van der Waals surface area contributed by atoms with E-state index in [-0.39, 0.29) is 23.0 Å². The summed E-state index contributed by atoms with van der Waals surface area (Å²) >= 11 is 0. The SMILES string of the molecule is CC1(NC(=O)/C(N)=C/C=C(\N)N2CCc3nc[nH]c3C2)CC1.Fc1cccn2nccc12. The van der Waals surface area contributed by atoms with Crippen LogP contribution in [0.2, 0.25) is 0 Å². The number of carbonyl (C=O) groups excluding carboxylic acids is 1. The molecule has 3 aromatic heterocycles. The number of carbonyl (C=O) groups is 1. The maximum absolute atomic E-state index is 12.8. The summed E-state index contributed by atoms with van der Waals surface area (Å²) in [5.41, 5.74) is 14.7. The van der Waals surface area contributed by atoms with Crippen molar-refractivity contribution < 1.29 is 9.18 Å². The molecule has 10 heteroatoms. The van der Waals surface area contributed by atoms with E-state index in [1.165, 1.54) is 10.6 Å². The molecule has 1 amide bonds. The summed E-state index contributed by atoms with van der Waals surface area (Å²) in [4.78, 5) is 21.3. The Labute approximate surface area is 185 Å². The third-order valence-corrected chi connectivity index (χ3v) is 5.64. The van der Waals surface area contributed by atoms with E-state index in [9.17, 15) is 9.18 Å². The van der Waals surface area contributed by atoms with Crippen LogP contribution in [0.25, 0.3) is 5.52 Å². The molecule has 0 unspecified atom stereocenters. The number of halogens is 1. The molecule has 168 valence electrons. The van der Waals surface area contributed by atoms with E-state index in [2.05, 4.69) is 20.4 Å². The number of pyridine rings is 1. The van der Waals surface area contributed by atoms with Crippen LogP contribution in [-0.4, -0.2) is 42.5 Å². The Morgan fingerprint density at radius 2 is 2.12 bits per heavy atom. The molecule has 0 atom stereocenters. The number of imidazole rings is 1. The van der Waals surface area contributed by atoms with Crippen LogP contribution in [0.15, 0.2) is 60.6 Å². The second kappa shape index (κ2) is 8.74. The Balaban J connectivity index is 0.000000203. The fraction of sp³-hybridized carbons (Fsp3) is 0.318.